The van der Waals surface area contributed by atoms with Crippen LogP contribution >= 0.6 is 11.6 Å². The Morgan fingerprint density at radius 1 is 1.42 bits per heavy atom. The molecule has 2 aromatic rings. The highest BCUT2D eigenvalue weighted by atomic mass is 35.5. The molecule has 130 valence electrons. The first-order valence-electron chi connectivity index (χ1n) is 7.11. The quantitative estimate of drug-likeness (QED) is 0.775. The average Bonchev–Trinajstić information content (AvgIpc) is 3.01. The van der Waals surface area contributed by atoms with Crippen LogP contribution in [0, 0.1) is 0 Å². The van der Waals surface area contributed by atoms with Crippen LogP contribution in [0.2, 0.25) is 5.02 Å². The van der Waals surface area contributed by atoms with E-state index in [2.05, 4.69) is 15.5 Å². The maximum Gasteiger partial charge on any atom is 0.246 e. The molecule has 2 heterocycles. The van der Waals surface area contributed by atoms with Crippen LogP contribution < -0.4 is 4.74 Å². The Labute approximate surface area is 144 Å². The van der Waals surface area contributed by atoms with Crippen molar-refractivity contribution in [1.82, 2.24) is 24.5 Å². The van der Waals surface area contributed by atoms with Crippen LogP contribution in [0.15, 0.2) is 23.1 Å². The zero-order valence-electron chi connectivity index (χ0n) is 13.1. The number of nitrogens with zero attached hydrogens (tertiary/aromatic N) is 5. The number of methoxy groups -OCH3 is 1. The molecule has 0 bridgehead atoms. The zero-order valence-corrected chi connectivity index (χ0v) is 14.7. The van der Waals surface area contributed by atoms with Gasteiger partial charge in [-0.1, -0.05) is 11.6 Å². The number of hydrogen-bond donors (Lipinski definition) is 0. The fourth-order valence-electron chi connectivity index (χ4n) is 2.50. The van der Waals surface area contributed by atoms with Gasteiger partial charge in [-0.2, -0.15) is 4.31 Å². The Hall–Kier alpha value is -1.75. The number of tetrazole rings is 1. The van der Waals surface area contributed by atoms with E-state index in [-0.39, 0.29) is 30.3 Å². The molecule has 1 saturated heterocycles. The zero-order chi connectivity index (χ0) is 17.3. The summed E-state index contributed by atoms with van der Waals surface area (Å²) in [5.41, 5.74) is 0. The molecule has 24 heavy (non-hydrogen) atoms. The van der Waals surface area contributed by atoms with Gasteiger partial charge in [0.05, 0.1) is 13.7 Å². The molecule has 1 unspecified atom stereocenters. The lowest BCUT2D eigenvalue weighted by atomic mass is 10.3. The van der Waals surface area contributed by atoms with Crippen molar-refractivity contribution in [3.05, 3.63) is 29.0 Å². The number of hydrogen-bond acceptors (Lipinski definition) is 7. The van der Waals surface area contributed by atoms with Crippen LogP contribution in [0.25, 0.3) is 0 Å². The summed E-state index contributed by atoms with van der Waals surface area (Å²) in [5, 5.41) is 11.5. The van der Waals surface area contributed by atoms with Gasteiger partial charge in [-0.25, -0.2) is 13.1 Å². The van der Waals surface area contributed by atoms with Gasteiger partial charge in [-0.05, 0) is 28.6 Å². The molecule has 0 amide bonds. The predicted molar refractivity (Wildman–Crippen MR) is 84.3 cm³/mol. The first-order chi connectivity index (χ1) is 11.4. The SMILES string of the molecule is COc1ccc(Cl)cc1S(=O)(=O)N1CCOC(c2nnnn2C)C1. The van der Waals surface area contributed by atoms with E-state index in [9.17, 15) is 8.42 Å². The first kappa shape index (κ1) is 17.1. The molecule has 0 aliphatic carbocycles. The van der Waals surface area contributed by atoms with Crippen LogP contribution in [0.4, 0.5) is 0 Å². The smallest absolute Gasteiger partial charge is 0.246 e. The lowest BCUT2D eigenvalue weighted by Gasteiger charge is -2.31. The van der Waals surface area contributed by atoms with Crippen LogP contribution in [0.3, 0.4) is 0 Å². The third kappa shape index (κ3) is 3.09. The van der Waals surface area contributed by atoms with Crippen LogP contribution in [-0.4, -0.2) is 59.7 Å². The topological polar surface area (TPSA) is 99.4 Å². The van der Waals surface area contributed by atoms with E-state index in [1.165, 1.54) is 28.2 Å². The minimum atomic E-state index is -3.80. The average molecular weight is 374 g/mol. The van der Waals surface area contributed by atoms with Crippen molar-refractivity contribution >= 4 is 21.6 Å². The third-order valence-electron chi connectivity index (χ3n) is 3.71. The summed E-state index contributed by atoms with van der Waals surface area (Å²) in [6.07, 6.45) is -0.543. The van der Waals surface area contributed by atoms with Gasteiger partial charge < -0.3 is 9.47 Å². The molecule has 1 aromatic carbocycles. The number of morpholine rings is 1. The van der Waals surface area contributed by atoms with E-state index in [1.54, 1.807) is 13.1 Å². The highest BCUT2D eigenvalue weighted by Gasteiger charge is 2.35. The van der Waals surface area contributed by atoms with Gasteiger partial charge in [0.1, 0.15) is 16.7 Å². The largest absolute Gasteiger partial charge is 0.495 e. The second kappa shape index (κ2) is 6.63. The number of aryl methyl sites for hydroxylation is 1. The number of aromatic nitrogens is 4. The second-order valence-corrected chi connectivity index (χ2v) is 7.52. The van der Waals surface area contributed by atoms with Crippen molar-refractivity contribution in [3.63, 3.8) is 0 Å². The fraction of sp³-hybridized carbons (Fsp3) is 0.462. The monoisotopic (exact) mass is 373 g/mol. The van der Waals surface area contributed by atoms with Gasteiger partial charge in [0.25, 0.3) is 0 Å². The molecule has 1 aromatic heterocycles. The molecule has 1 fully saturated rings. The Morgan fingerprint density at radius 2 is 2.21 bits per heavy atom. The van der Waals surface area contributed by atoms with E-state index in [0.717, 1.165) is 0 Å². The van der Waals surface area contributed by atoms with E-state index < -0.39 is 16.1 Å². The van der Waals surface area contributed by atoms with Gasteiger partial charge in [0, 0.05) is 25.2 Å². The number of ether oxygens (including phenoxy) is 2. The molecule has 0 N–H and O–H groups in total. The van der Waals surface area contributed by atoms with Crippen LogP contribution in [0.1, 0.15) is 11.9 Å². The molecule has 11 heteroatoms. The van der Waals surface area contributed by atoms with Crippen LogP contribution in [-0.2, 0) is 21.8 Å². The van der Waals surface area contributed by atoms with Crippen molar-refractivity contribution < 1.29 is 17.9 Å². The molecule has 1 aliphatic heterocycles. The summed E-state index contributed by atoms with van der Waals surface area (Å²) in [6.45, 7) is 0.561. The standard InChI is InChI=1S/C13H16ClN5O4S/c1-18-13(15-16-17-18)11-8-19(5-6-23-11)24(20,21)12-7-9(14)3-4-10(12)22-2/h3-4,7,11H,5-6,8H2,1-2H3. The molecule has 0 radical (unpaired) electrons. The molecular formula is C13H16ClN5O4S. The number of halogens is 1. The number of benzene rings is 1. The van der Waals surface area contributed by atoms with Crippen LogP contribution in [0.5, 0.6) is 5.75 Å². The van der Waals surface area contributed by atoms with Crippen molar-refractivity contribution in [2.45, 2.75) is 11.0 Å². The minimum absolute atomic E-state index is 0.0224. The van der Waals surface area contributed by atoms with E-state index in [4.69, 9.17) is 21.1 Å². The summed E-state index contributed by atoms with van der Waals surface area (Å²) in [6, 6.07) is 4.48. The van der Waals surface area contributed by atoms with Gasteiger partial charge in [0.15, 0.2) is 5.82 Å². The van der Waals surface area contributed by atoms with Crippen molar-refractivity contribution in [2.24, 2.45) is 7.05 Å². The molecule has 0 saturated carbocycles. The number of sulfonamides is 1. The van der Waals surface area contributed by atoms with Gasteiger partial charge in [0.2, 0.25) is 10.0 Å². The first-order valence-corrected chi connectivity index (χ1v) is 8.93. The minimum Gasteiger partial charge on any atom is -0.495 e. The summed E-state index contributed by atoms with van der Waals surface area (Å²) in [4.78, 5) is 0.0224. The van der Waals surface area contributed by atoms with Gasteiger partial charge in [-0.3, -0.25) is 0 Å². The maximum atomic E-state index is 13.0. The van der Waals surface area contributed by atoms with Gasteiger partial charge in [-0.15, -0.1) is 5.10 Å². The second-order valence-electron chi connectivity index (χ2n) is 5.18. The number of rotatable bonds is 4. The molecule has 9 nitrogen and oxygen atoms in total. The molecule has 1 atom stereocenters. The summed E-state index contributed by atoms with van der Waals surface area (Å²) < 4.78 is 39.5. The molecule has 3 rings (SSSR count). The van der Waals surface area contributed by atoms with E-state index in [1.807, 2.05) is 0 Å². The summed E-state index contributed by atoms with van der Waals surface area (Å²) >= 11 is 5.96. The Morgan fingerprint density at radius 3 is 2.88 bits per heavy atom. The maximum absolute atomic E-state index is 13.0. The van der Waals surface area contributed by atoms with E-state index >= 15 is 0 Å². The summed E-state index contributed by atoms with van der Waals surface area (Å²) in [7, 11) is -0.713. The Kier molecular flexibility index (Phi) is 4.72. The van der Waals surface area contributed by atoms with Crippen molar-refractivity contribution in [3.8, 4) is 5.75 Å². The third-order valence-corrected chi connectivity index (χ3v) is 5.83. The van der Waals surface area contributed by atoms with E-state index in [0.29, 0.717) is 10.8 Å². The molecule has 1 aliphatic rings. The summed E-state index contributed by atoms with van der Waals surface area (Å²) in [5.74, 6) is 0.704. The van der Waals surface area contributed by atoms with Crippen molar-refractivity contribution in [1.29, 1.82) is 0 Å². The molecular weight excluding hydrogens is 358 g/mol. The highest BCUT2D eigenvalue weighted by Crippen LogP contribution is 2.32. The highest BCUT2D eigenvalue weighted by molar-refractivity contribution is 7.89. The lowest BCUT2D eigenvalue weighted by Crippen LogP contribution is -2.42. The fourth-order valence-corrected chi connectivity index (χ4v) is 4.34. The Bertz CT molecular complexity index is 841. The predicted octanol–water partition coefficient (Wildman–Crippen LogP) is 0.634. The van der Waals surface area contributed by atoms with Crippen molar-refractivity contribution in [2.75, 3.05) is 26.8 Å². The Balaban J connectivity index is 1.93. The normalized spacial score (nSPS) is 19.4. The molecule has 0 spiro atoms. The lowest BCUT2D eigenvalue weighted by molar-refractivity contribution is -0.00955. The van der Waals surface area contributed by atoms with Gasteiger partial charge >= 0.3 is 0 Å².